The Kier molecular flexibility index (Phi) is 5.08. The maximum atomic E-state index is 9.51. The highest BCUT2D eigenvalue weighted by Gasteiger charge is 2.10. The average Bonchev–Trinajstić information content (AvgIpc) is 2.58. The molecule has 2 aromatic heterocycles. The Morgan fingerprint density at radius 1 is 1.15 bits per heavy atom. The number of nitriles is 1. The van der Waals surface area contributed by atoms with E-state index in [1.165, 1.54) is 0 Å². The molecule has 3 rings (SSSR count). The van der Waals surface area contributed by atoms with Gasteiger partial charge >= 0.3 is 0 Å². The number of pyridine rings is 2. The first kappa shape index (κ1) is 18.1. The summed E-state index contributed by atoms with van der Waals surface area (Å²) in [6, 6.07) is 13.6. The van der Waals surface area contributed by atoms with Crippen LogP contribution in [0.3, 0.4) is 0 Å². The summed E-state index contributed by atoms with van der Waals surface area (Å²) in [5, 5.41) is 13.6. The Balaban J connectivity index is 2.01. The molecule has 0 unspecified atom stereocenters. The van der Waals surface area contributed by atoms with Gasteiger partial charge in [-0.1, -0.05) is 47.6 Å². The molecular formula is C20H17BrN4Si. The van der Waals surface area contributed by atoms with E-state index in [0.29, 0.717) is 17.1 Å². The molecule has 0 radical (unpaired) electrons. The number of hydrogen-bond donors (Lipinski definition) is 1. The molecule has 0 fully saturated rings. The molecule has 0 aliphatic rings. The third kappa shape index (κ3) is 4.48. The molecule has 0 aliphatic heterocycles. The minimum Gasteiger partial charge on any atom is -0.339 e. The van der Waals surface area contributed by atoms with Crippen LogP contribution < -0.4 is 5.32 Å². The number of rotatable bonds is 2. The predicted octanol–water partition coefficient (Wildman–Crippen LogP) is 5.24. The fourth-order valence-electron chi connectivity index (χ4n) is 2.28. The summed E-state index contributed by atoms with van der Waals surface area (Å²) in [4.78, 5) is 8.97. The van der Waals surface area contributed by atoms with Crippen molar-refractivity contribution in [2.45, 2.75) is 19.6 Å². The first-order valence-electron chi connectivity index (χ1n) is 8.11. The Labute approximate surface area is 162 Å². The number of fused-ring (bicyclic) bond motifs is 1. The van der Waals surface area contributed by atoms with Crippen LogP contribution in [-0.4, -0.2) is 18.0 Å². The summed E-state index contributed by atoms with van der Waals surface area (Å²) in [5.41, 5.74) is 6.07. The second-order valence-corrected chi connectivity index (χ2v) is 12.6. The molecule has 2 heterocycles. The fourth-order valence-corrected chi connectivity index (χ4v) is 3.18. The van der Waals surface area contributed by atoms with Crippen molar-refractivity contribution in [3.05, 3.63) is 58.3 Å². The van der Waals surface area contributed by atoms with E-state index < -0.39 is 8.07 Å². The smallest absolute Gasteiger partial charge is 0.149 e. The molecule has 1 aromatic carbocycles. The van der Waals surface area contributed by atoms with Crippen molar-refractivity contribution in [2.75, 3.05) is 5.32 Å². The van der Waals surface area contributed by atoms with Crippen molar-refractivity contribution < 1.29 is 0 Å². The van der Waals surface area contributed by atoms with Crippen molar-refractivity contribution in [3.63, 3.8) is 0 Å². The zero-order valence-corrected chi connectivity index (χ0v) is 17.3. The second kappa shape index (κ2) is 7.29. The molecule has 1 N–H and O–H groups in total. The van der Waals surface area contributed by atoms with E-state index >= 15 is 0 Å². The van der Waals surface area contributed by atoms with Crippen molar-refractivity contribution >= 4 is 46.4 Å². The number of aromatic nitrogens is 2. The molecule has 0 saturated heterocycles. The van der Waals surface area contributed by atoms with E-state index in [-0.39, 0.29) is 0 Å². The zero-order chi connectivity index (χ0) is 18.7. The van der Waals surface area contributed by atoms with E-state index in [0.717, 1.165) is 21.1 Å². The summed E-state index contributed by atoms with van der Waals surface area (Å²) in [7, 11) is -1.47. The van der Waals surface area contributed by atoms with Gasteiger partial charge in [0.05, 0.1) is 17.3 Å². The lowest BCUT2D eigenvalue weighted by atomic mass is 10.1. The lowest BCUT2D eigenvalue weighted by molar-refractivity contribution is 1.27. The van der Waals surface area contributed by atoms with Gasteiger partial charge in [0.15, 0.2) is 0 Å². The van der Waals surface area contributed by atoms with Gasteiger partial charge < -0.3 is 5.32 Å². The summed E-state index contributed by atoms with van der Waals surface area (Å²) in [6.45, 7) is 6.57. The number of nitrogens with one attached hydrogen (secondary N) is 1. The molecule has 0 bridgehead atoms. The fraction of sp³-hybridized carbons (Fsp3) is 0.150. The highest BCUT2D eigenvalue weighted by atomic mass is 79.9. The van der Waals surface area contributed by atoms with Gasteiger partial charge in [-0.3, -0.25) is 0 Å². The molecule has 0 spiro atoms. The van der Waals surface area contributed by atoms with E-state index in [2.05, 4.69) is 68.4 Å². The number of hydrogen-bond acceptors (Lipinski definition) is 4. The third-order valence-electron chi connectivity index (χ3n) is 3.47. The third-order valence-corrected chi connectivity index (χ3v) is 4.84. The maximum absolute atomic E-state index is 9.51. The van der Waals surface area contributed by atoms with E-state index in [4.69, 9.17) is 0 Å². The topological polar surface area (TPSA) is 61.6 Å². The average molecular weight is 421 g/mol. The summed E-state index contributed by atoms with van der Waals surface area (Å²) >= 11 is 3.44. The lowest BCUT2D eigenvalue weighted by Crippen LogP contribution is -2.16. The molecule has 0 aliphatic carbocycles. The highest BCUT2D eigenvalue weighted by molar-refractivity contribution is 9.10. The standard InChI is InChI=1S/C20H17BrN4Si/c1-26(2,3)8-7-17-10-14-9-15(12-22)20(25-19(14)13-23-17)24-18-6-4-5-16(21)11-18/h4-6,9-11,13H,1-3H3,(H,24,25). The lowest BCUT2D eigenvalue weighted by Gasteiger charge is -2.09. The molecule has 0 saturated carbocycles. The van der Waals surface area contributed by atoms with Gasteiger partial charge in [-0.25, -0.2) is 9.97 Å². The van der Waals surface area contributed by atoms with Crippen LogP contribution in [0.15, 0.2) is 47.1 Å². The van der Waals surface area contributed by atoms with E-state index in [1.54, 1.807) is 6.20 Å². The largest absolute Gasteiger partial charge is 0.339 e. The number of halogens is 1. The molecule has 4 nitrogen and oxygen atoms in total. The Morgan fingerprint density at radius 3 is 2.65 bits per heavy atom. The second-order valence-electron chi connectivity index (χ2n) is 6.89. The molecule has 6 heteroatoms. The zero-order valence-electron chi connectivity index (χ0n) is 14.8. The van der Waals surface area contributed by atoms with Crippen LogP contribution in [0, 0.1) is 22.8 Å². The first-order chi connectivity index (χ1) is 12.3. The van der Waals surface area contributed by atoms with Crippen LogP contribution in [0.1, 0.15) is 11.3 Å². The predicted molar refractivity (Wildman–Crippen MR) is 112 cm³/mol. The van der Waals surface area contributed by atoms with Gasteiger partial charge in [0.1, 0.15) is 25.7 Å². The molecule has 0 atom stereocenters. The van der Waals surface area contributed by atoms with Gasteiger partial charge in [-0.05, 0) is 30.3 Å². The summed E-state index contributed by atoms with van der Waals surface area (Å²) in [5.74, 6) is 3.66. The normalized spacial score (nSPS) is 10.7. The summed E-state index contributed by atoms with van der Waals surface area (Å²) < 4.78 is 0.953. The van der Waals surface area contributed by atoms with E-state index in [1.807, 2.05) is 36.4 Å². The van der Waals surface area contributed by atoms with Crippen molar-refractivity contribution in [3.8, 4) is 17.5 Å². The van der Waals surface area contributed by atoms with Crippen LogP contribution in [0.4, 0.5) is 11.5 Å². The molecule has 3 aromatic rings. The minimum absolute atomic E-state index is 0.479. The van der Waals surface area contributed by atoms with Crippen molar-refractivity contribution in [2.24, 2.45) is 0 Å². The van der Waals surface area contributed by atoms with Gasteiger partial charge in [0.2, 0.25) is 0 Å². The van der Waals surface area contributed by atoms with E-state index in [9.17, 15) is 5.26 Å². The Morgan fingerprint density at radius 2 is 1.96 bits per heavy atom. The van der Waals surface area contributed by atoms with Gasteiger partial charge in [-0.15, -0.1) is 5.54 Å². The monoisotopic (exact) mass is 420 g/mol. The van der Waals surface area contributed by atoms with Crippen LogP contribution in [0.2, 0.25) is 19.6 Å². The molecular weight excluding hydrogens is 404 g/mol. The van der Waals surface area contributed by atoms with Crippen LogP contribution in [0.5, 0.6) is 0 Å². The van der Waals surface area contributed by atoms with Crippen LogP contribution in [-0.2, 0) is 0 Å². The first-order valence-corrected chi connectivity index (χ1v) is 12.4. The molecule has 0 amide bonds. The van der Waals surface area contributed by atoms with Gasteiger partial charge in [-0.2, -0.15) is 5.26 Å². The quantitative estimate of drug-likeness (QED) is 0.454. The summed E-state index contributed by atoms with van der Waals surface area (Å²) in [6.07, 6.45) is 1.71. The molecule has 26 heavy (non-hydrogen) atoms. The van der Waals surface area contributed by atoms with Crippen LogP contribution in [0.25, 0.3) is 10.9 Å². The highest BCUT2D eigenvalue weighted by Crippen LogP contribution is 2.25. The molecule has 128 valence electrons. The van der Waals surface area contributed by atoms with Crippen molar-refractivity contribution in [1.29, 1.82) is 5.26 Å². The van der Waals surface area contributed by atoms with Crippen LogP contribution >= 0.6 is 15.9 Å². The van der Waals surface area contributed by atoms with Gasteiger partial charge in [0, 0.05) is 15.5 Å². The Bertz CT molecular complexity index is 1080. The number of benzene rings is 1. The Hall–Kier alpha value is -2.67. The minimum atomic E-state index is -1.47. The van der Waals surface area contributed by atoms with Crippen molar-refractivity contribution in [1.82, 2.24) is 9.97 Å². The maximum Gasteiger partial charge on any atom is 0.149 e. The SMILES string of the molecule is C[Si](C)(C)C#Cc1cc2cc(C#N)c(Nc3cccc(Br)c3)nc2cn1. The number of nitrogens with zero attached hydrogens (tertiary/aromatic N) is 3. The van der Waals surface area contributed by atoms with Gasteiger partial charge in [0.25, 0.3) is 0 Å². The number of anilines is 2.